The Morgan fingerprint density at radius 1 is 1.21 bits per heavy atom. The van der Waals surface area contributed by atoms with Crippen LogP contribution < -0.4 is 5.73 Å². The minimum atomic E-state index is 0.120. The van der Waals surface area contributed by atoms with Gasteiger partial charge in [-0.15, -0.1) is 0 Å². The first kappa shape index (κ1) is 16.5. The number of nitrogen functional groups attached to an aromatic ring is 1. The van der Waals surface area contributed by atoms with Crippen LogP contribution in [0.2, 0.25) is 0 Å². The Morgan fingerprint density at radius 2 is 1.88 bits per heavy atom. The highest BCUT2D eigenvalue weighted by atomic mass is 79.9. The molecule has 0 unspecified atom stereocenters. The highest BCUT2D eigenvalue weighted by molar-refractivity contribution is 9.10. The van der Waals surface area contributed by atoms with Crippen molar-refractivity contribution in [2.75, 3.05) is 5.73 Å². The maximum absolute atomic E-state index is 9.44. The van der Waals surface area contributed by atoms with Crippen LogP contribution in [0.4, 0.5) is 5.82 Å². The number of halogens is 1. The van der Waals surface area contributed by atoms with Gasteiger partial charge in [-0.25, -0.2) is 9.97 Å². The lowest BCUT2D eigenvalue weighted by atomic mass is 9.87. The zero-order valence-electron chi connectivity index (χ0n) is 13.8. The van der Waals surface area contributed by atoms with Gasteiger partial charge in [0.1, 0.15) is 28.5 Å². The third-order valence-corrected chi connectivity index (χ3v) is 4.90. The molecule has 1 aromatic carbocycles. The molecule has 0 aliphatic rings. The van der Waals surface area contributed by atoms with Crippen LogP contribution in [0, 0.1) is 11.3 Å². The van der Waals surface area contributed by atoms with Gasteiger partial charge in [0.2, 0.25) is 0 Å². The van der Waals surface area contributed by atoms with Crippen LogP contribution in [0.25, 0.3) is 11.0 Å². The summed E-state index contributed by atoms with van der Waals surface area (Å²) < 4.78 is 2.62. The second-order valence-corrected chi connectivity index (χ2v) is 7.52. The fraction of sp³-hybridized carbons (Fsp3) is 0.278. The molecule has 0 amide bonds. The summed E-state index contributed by atoms with van der Waals surface area (Å²) in [5, 5.41) is 10.0. The Morgan fingerprint density at radius 3 is 2.46 bits per heavy atom. The van der Waals surface area contributed by atoms with Gasteiger partial charge in [0.05, 0.1) is 17.5 Å². The fourth-order valence-corrected chi connectivity index (χ4v) is 3.28. The third-order valence-electron chi connectivity index (χ3n) is 4.08. The van der Waals surface area contributed by atoms with Gasteiger partial charge in [-0.05, 0) is 32.5 Å². The summed E-state index contributed by atoms with van der Waals surface area (Å²) in [4.78, 5) is 8.31. The van der Waals surface area contributed by atoms with E-state index in [4.69, 9.17) is 5.73 Å². The van der Waals surface area contributed by atoms with Crippen molar-refractivity contribution in [3.63, 3.8) is 0 Å². The molecule has 0 bridgehead atoms. The average Bonchev–Trinajstić information content (AvgIpc) is 2.80. The van der Waals surface area contributed by atoms with Gasteiger partial charge in [-0.2, -0.15) is 5.26 Å². The fourth-order valence-electron chi connectivity index (χ4n) is 2.70. The minimum absolute atomic E-state index is 0.120. The molecule has 3 rings (SSSR count). The van der Waals surface area contributed by atoms with Crippen LogP contribution in [-0.2, 0) is 12.0 Å². The smallest absolute Gasteiger partial charge is 0.148 e. The van der Waals surface area contributed by atoms with E-state index in [1.807, 2.05) is 4.57 Å². The quantitative estimate of drug-likeness (QED) is 0.724. The molecule has 0 atom stereocenters. The van der Waals surface area contributed by atoms with Crippen molar-refractivity contribution in [2.45, 2.75) is 32.7 Å². The summed E-state index contributed by atoms with van der Waals surface area (Å²) in [5.74, 6) is 0.319. The van der Waals surface area contributed by atoms with Gasteiger partial charge in [-0.1, -0.05) is 45.0 Å². The molecule has 0 saturated carbocycles. The van der Waals surface area contributed by atoms with E-state index < -0.39 is 0 Å². The number of hydrogen-bond donors (Lipinski definition) is 1. The lowest BCUT2D eigenvalue weighted by molar-refractivity contribution is 0.590. The molecule has 0 radical (unpaired) electrons. The maximum atomic E-state index is 9.44. The van der Waals surface area contributed by atoms with Gasteiger partial charge in [0, 0.05) is 0 Å². The number of hydrogen-bond acceptors (Lipinski definition) is 4. The highest BCUT2D eigenvalue weighted by Crippen LogP contribution is 2.32. The molecule has 2 N–H and O–H groups in total. The molecule has 0 spiro atoms. The summed E-state index contributed by atoms with van der Waals surface area (Å²) >= 11 is 3.51. The van der Waals surface area contributed by atoms with Gasteiger partial charge in [0.25, 0.3) is 0 Å². The molecule has 5 nitrogen and oxygen atoms in total. The van der Waals surface area contributed by atoms with Crippen LogP contribution in [-0.4, -0.2) is 14.5 Å². The van der Waals surface area contributed by atoms with Crippen LogP contribution in [0.1, 0.15) is 37.5 Å². The van der Waals surface area contributed by atoms with E-state index in [9.17, 15) is 5.26 Å². The molecule has 0 aliphatic heterocycles. The van der Waals surface area contributed by atoms with Crippen LogP contribution in [0.3, 0.4) is 0 Å². The first-order valence-corrected chi connectivity index (χ1v) is 8.40. The molecule has 24 heavy (non-hydrogen) atoms. The molecule has 6 heteroatoms. The van der Waals surface area contributed by atoms with Crippen LogP contribution >= 0.6 is 15.9 Å². The normalized spacial score (nSPS) is 11.6. The molecule has 3 aromatic rings. The van der Waals surface area contributed by atoms with Gasteiger partial charge in [0.15, 0.2) is 0 Å². The first-order chi connectivity index (χ1) is 11.3. The van der Waals surface area contributed by atoms with E-state index in [-0.39, 0.29) is 5.41 Å². The molecule has 0 aliphatic carbocycles. The molecule has 122 valence electrons. The number of benzene rings is 1. The van der Waals surface area contributed by atoms with Crippen molar-refractivity contribution in [1.29, 1.82) is 5.26 Å². The Labute approximate surface area is 149 Å². The van der Waals surface area contributed by atoms with Crippen molar-refractivity contribution >= 4 is 32.8 Å². The minimum Gasteiger partial charge on any atom is -0.383 e. The molecule has 0 saturated heterocycles. The summed E-state index contributed by atoms with van der Waals surface area (Å²) in [7, 11) is 0. The summed E-state index contributed by atoms with van der Waals surface area (Å²) in [6.45, 7) is 7.17. The van der Waals surface area contributed by atoms with Gasteiger partial charge in [-0.3, -0.25) is 0 Å². The number of anilines is 1. The van der Waals surface area contributed by atoms with Crippen molar-refractivity contribution in [3.05, 3.63) is 51.9 Å². The standard InChI is InChI=1S/C18H18BrN5/c1-18(2,3)12-6-4-11(5-7-12)9-24-15(19)13(8-20)14-16(21)22-10-23-17(14)24/h4-7,10H,9H2,1-3H3,(H2,21,22,23). The monoisotopic (exact) mass is 383 g/mol. The third kappa shape index (κ3) is 2.76. The zero-order chi connectivity index (χ0) is 17.5. The lowest BCUT2D eigenvalue weighted by Gasteiger charge is -2.19. The number of nitrogens with two attached hydrogens (primary N) is 1. The van der Waals surface area contributed by atoms with E-state index >= 15 is 0 Å². The summed E-state index contributed by atoms with van der Waals surface area (Å²) in [5.41, 5.74) is 9.60. The van der Waals surface area contributed by atoms with Gasteiger partial charge >= 0.3 is 0 Å². The Bertz CT molecular complexity index is 943. The predicted octanol–water partition coefficient (Wildman–Crippen LogP) is 3.99. The largest absolute Gasteiger partial charge is 0.383 e. The summed E-state index contributed by atoms with van der Waals surface area (Å²) in [6, 6.07) is 10.7. The van der Waals surface area contributed by atoms with Gasteiger partial charge < -0.3 is 10.3 Å². The maximum Gasteiger partial charge on any atom is 0.148 e. The number of aromatic nitrogens is 3. The second-order valence-electron chi connectivity index (χ2n) is 6.77. The average molecular weight is 384 g/mol. The number of nitriles is 1. The number of nitrogens with zero attached hydrogens (tertiary/aromatic N) is 4. The van der Waals surface area contributed by atoms with Crippen LogP contribution in [0.5, 0.6) is 0 Å². The second kappa shape index (κ2) is 5.91. The van der Waals surface area contributed by atoms with Crippen molar-refractivity contribution in [2.24, 2.45) is 0 Å². The SMILES string of the molecule is CC(C)(C)c1ccc(Cn2c(Br)c(C#N)c3c(N)ncnc32)cc1. The molecule has 2 aromatic heterocycles. The van der Waals surface area contributed by atoms with Crippen molar-refractivity contribution < 1.29 is 0 Å². The molecule has 2 heterocycles. The Hall–Kier alpha value is -2.39. The lowest BCUT2D eigenvalue weighted by Crippen LogP contribution is -2.11. The van der Waals surface area contributed by atoms with Crippen molar-refractivity contribution in [3.8, 4) is 6.07 Å². The van der Waals surface area contributed by atoms with E-state index in [1.165, 1.54) is 11.9 Å². The molecule has 0 fully saturated rings. The Kier molecular flexibility index (Phi) is 4.06. The Balaban J connectivity index is 2.07. The van der Waals surface area contributed by atoms with E-state index in [0.717, 1.165) is 5.56 Å². The van der Waals surface area contributed by atoms with E-state index in [1.54, 1.807) is 0 Å². The topological polar surface area (TPSA) is 80.5 Å². The van der Waals surface area contributed by atoms with E-state index in [0.29, 0.717) is 33.6 Å². The zero-order valence-corrected chi connectivity index (χ0v) is 15.4. The van der Waals surface area contributed by atoms with E-state index in [2.05, 4.69) is 77.0 Å². The van der Waals surface area contributed by atoms with Crippen molar-refractivity contribution in [1.82, 2.24) is 14.5 Å². The number of fused-ring (bicyclic) bond motifs is 1. The summed E-state index contributed by atoms with van der Waals surface area (Å²) in [6.07, 6.45) is 1.42. The van der Waals surface area contributed by atoms with Crippen LogP contribution in [0.15, 0.2) is 35.2 Å². The molecular formula is C18H18BrN5. The first-order valence-electron chi connectivity index (χ1n) is 7.60. The predicted molar refractivity (Wildman–Crippen MR) is 98.6 cm³/mol. The molecular weight excluding hydrogens is 366 g/mol. The highest BCUT2D eigenvalue weighted by Gasteiger charge is 2.19. The number of rotatable bonds is 2.